The van der Waals surface area contributed by atoms with Crippen LogP contribution in [0.1, 0.15) is 58.3 Å². The Bertz CT molecular complexity index is 213. The Hall–Kier alpha value is 0.310. The van der Waals surface area contributed by atoms with Crippen LogP contribution < -0.4 is 5.73 Å². The highest BCUT2D eigenvalue weighted by Crippen LogP contribution is 2.35. The zero-order valence-electron chi connectivity index (χ0n) is 11.4. The third kappa shape index (κ3) is 4.17. The first-order valence-electron chi connectivity index (χ1n) is 7.63. The van der Waals surface area contributed by atoms with Crippen LogP contribution >= 0.6 is 11.8 Å². The van der Waals surface area contributed by atoms with Gasteiger partial charge in [-0.25, -0.2) is 0 Å². The number of hydrogen-bond acceptors (Lipinski definition) is 2. The molecule has 2 heteroatoms. The van der Waals surface area contributed by atoms with E-state index in [4.69, 9.17) is 5.73 Å². The molecule has 100 valence electrons. The normalized spacial score (nSPS) is 33.5. The number of rotatable bonds is 4. The zero-order valence-corrected chi connectivity index (χ0v) is 12.2. The largest absolute Gasteiger partial charge is 0.327 e. The molecule has 0 amide bonds. The Labute approximate surface area is 111 Å². The third-order valence-corrected chi connectivity index (χ3v) is 6.00. The van der Waals surface area contributed by atoms with Crippen molar-refractivity contribution in [2.24, 2.45) is 23.5 Å². The van der Waals surface area contributed by atoms with Crippen LogP contribution in [-0.4, -0.2) is 17.5 Å². The first-order valence-corrected chi connectivity index (χ1v) is 8.78. The number of hydrogen-bond donors (Lipinski definition) is 1. The minimum atomic E-state index is 0.498. The molecule has 1 heterocycles. The molecule has 0 aromatic carbocycles. The van der Waals surface area contributed by atoms with Gasteiger partial charge in [0.15, 0.2) is 0 Å². The minimum Gasteiger partial charge on any atom is -0.327 e. The van der Waals surface area contributed by atoms with Crippen molar-refractivity contribution in [1.29, 1.82) is 0 Å². The Morgan fingerprint density at radius 3 is 2.59 bits per heavy atom. The van der Waals surface area contributed by atoms with Crippen molar-refractivity contribution in [2.45, 2.75) is 64.3 Å². The maximum absolute atomic E-state index is 6.49. The summed E-state index contributed by atoms with van der Waals surface area (Å²) in [6, 6.07) is 0.498. The van der Waals surface area contributed by atoms with E-state index in [1.54, 1.807) is 0 Å². The van der Waals surface area contributed by atoms with Crippen LogP contribution in [0.25, 0.3) is 0 Å². The lowest BCUT2D eigenvalue weighted by atomic mass is 9.75. The molecule has 3 unspecified atom stereocenters. The predicted molar refractivity (Wildman–Crippen MR) is 78.4 cm³/mol. The Morgan fingerprint density at radius 2 is 1.88 bits per heavy atom. The summed E-state index contributed by atoms with van der Waals surface area (Å²) in [5.41, 5.74) is 6.49. The van der Waals surface area contributed by atoms with Gasteiger partial charge in [-0.15, -0.1) is 0 Å². The lowest BCUT2D eigenvalue weighted by Crippen LogP contribution is -2.36. The van der Waals surface area contributed by atoms with Crippen LogP contribution in [0.3, 0.4) is 0 Å². The summed E-state index contributed by atoms with van der Waals surface area (Å²) in [7, 11) is 0. The molecule has 2 rings (SSSR count). The Kier molecular flexibility index (Phi) is 5.68. The van der Waals surface area contributed by atoms with E-state index in [0.29, 0.717) is 6.04 Å². The monoisotopic (exact) mass is 255 g/mol. The van der Waals surface area contributed by atoms with Gasteiger partial charge >= 0.3 is 0 Å². The summed E-state index contributed by atoms with van der Waals surface area (Å²) < 4.78 is 0. The lowest BCUT2D eigenvalue weighted by Gasteiger charge is -2.34. The van der Waals surface area contributed by atoms with Crippen LogP contribution in [-0.2, 0) is 0 Å². The molecule has 2 aliphatic rings. The van der Waals surface area contributed by atoms with E-state index in [1.807, 2.05) is 0 Å². The molecule has 1 aliphatic heterocycles. The standard InChI is InChI=1S/C15H29NS/c1-2-12-4-3-5-14(10-12)15(16)11-13-6-8-17-9-7-13/h12-15H,2-11,16H2,1H3. The second kappa shape index (κ2) is 7.04. The molecule has 2 N–H and O–H groups in total. The van der Waals surface area contributed by atoms with Gasteiger partial charge in [-0.05, 0) is 61.4 Å². The maximum Gasteiger partial charge on any atom is 0.00699 e. The summed E-state index contributed by atoms with van der Waals surface area (Å²) in [5, 5.41) is 0. The Balaban J connectivity index is 1.75. The molecular formula is C15H29NS. The first-order chi connectivity index (χ1) is 8.29. The summed E-state index contributed by atoms with van der Waals surface area (Å²) in [6.45, 7) is 2.34. The number of thioether (sulfide) groups is 1. The molecule has 17 heavy (non-hydrogen) atoms. The van der Waals surface area contributed by atoms with Crippen LogP contribution in [0.2, 0.25) is 0 Å². The van der Waals surface area contributed by atoms with Crippen molar-refractivity contribution in [3.05, 3.63) is 0 Å². The van der Waals surface area contributed by atoms with Gasteiger partial charge in [0.2, 0.25) is 0 Å². The van der Waals surface area contributed by atoms with Gasteiger partial charge in [-0.3, -0.25) is 0 Å². The topological polar surface area (TPSA) is 26.0 Å². The zero-order chi connectivity index (χ0) is 12.1. The third-order valence-electron chi connectivity index (χ3n) is 4.95. The van der Waals surface area contributed by atoms with E-state index in [-0.39, 0.29) is 0 Å². The van der Waals surface area contributed by atoms with E-state index in [0.717, 1.165) is 17.8 Å². The Morgan fingerprint density at radius 1 is 1.12 bits per heavy atom. The van der Waals surface area contributed by atoms with Gasteiger partial charge in [0, 0.05) is 6.04 Å². The van der Waals surface area contributed by atoms with Gasteiger partial charge in [-0.2, -0.15) is 11.8 Å². The molecule has 0 spiro atoms. The summed E-state index contributed by atoms with van der Waals surface area (Å²) in [5.74, 6) is 5.50. The number of nitrogens with two attached hydrogens (primary N) is 1. The lowest BCUT2D eigenvalue weighted by molar-refractivity contribution is 0.208. The van der Waals surface area contributed by atoms with E-state index in [1.165, 1.54) is 62.9 Å². The van der Waals surface area contributed by atoms with Crippen LogP contribution in [0, 0.1) is 17.8 Å². The van der Waals surface area contributed by atoms with Crippen molar-refractivity contribution in [2.75, 3.05) is 11.5 Å². The molecule has 1 saturated heterocycles. The summed E-state index contributed by atoms with van der Waals surface area (Å²) in [6.07, 6.45) is 11.2. The SMILES string of the molecule is CCC1CCCC(C(N)CC2CCSCC2)C1. The second-order valence-electron chi connectivity index (χ2n) is 6.16. The second-order valence-corrected chi connectivity index (χ2v) is 7.38. The fraction of sp³-hybridized carbons (Fsp3) is 1.00. The smallest absolute Gasteiger partial charge is 0.00699 e. The maximum atomic E-state index is 6.49. The molecule has 1 saturated carbocycles. The van der Waals surface area contributed by atoms with E-state index < -0.39 is 0 Å². The summed E-state index contributed by atoms with van der Waals surface area (Å²) >= 11 is 2.12. The fourth-order valence-corrected chi connectivity index (χ4v) is 4.86. The van der Waals surface area contributed by atoms with Crippen LogP contribution in [0.15, 0.2) is 0 Å². The first kappa shape index (κ1) is 13.7. The van der Waals surface area contributed by atoms with Crippen molar-refractivity contribution >= 4 is 11.8 Å². The molecular weight excluding hydrogens is 226 g/mol. The quantitative estimate of drug-likeness (QED) is 0.819. The van der Waals surface area contributed by atoms with Crippen molar-refractivity contribution in [3.63, 3.8) is 0 Å². The van der Waals surface area contributed by atoms with E-state index in [9.17, 15) is 0 Å². The van der Waals surface area contributed by atoms with Crippen molar-refractivity contribution in [1.82, 2.24) is 0 Å². The van der Waals surface area contributed by atoms with Crippen molar-refractivity contribution in [3.8, 4) is 0 Å². The molecule has 1 nitrogen and oxygen atoms in total. The predicted octanol–water partition coefficient (Wildman–Crippen LogP) is 4.06. The molecule has 0 aromatic heterocycles. The highest BCUT2D eigenvalue weighted by atomic mass is 32.2. The fourth-order valence-electron chi connectivity index (χ4n) is 3.65. The van der Waals surface area contributed by atoms with Gasteiger partial charge in [0.05, 0.1) is 0 Å². The minimum absolute atomic E-state index is 0.498. The van der Waals surface area contributed by atoms with E-state index >= 15 is 0 Å². The molecule has 2 fully saturated rings. The highest BCUT2D eigenvalue weighted by molar-refractivity contribution is 7.99. The molecule has 1 aliphatic carbocycles. The molecule has 3 atom stereocenters. The van der Waals surface area contributed by atoms with Gasteiger partial charge in [0.1, 0.15) is 0 Å². The molecule has 0 radical (unpaired) electrons. The highest BCUT2D eigenvalue weighted by Gasteiger charge is 2.27. The van der Waals surface area contributed by atoms with E-state index in [2.05, 4.69) is 18.7 Å². The van der Waals surface area contributed by atoms with Crippen LogP contribution in [0.5, 0.6) is 0 Å². The van der Waals surface area contributed by atoms with Gasteiger partial charge in [0.25, 0.3) is 0 Å². The average molecular weight is 255 g/mol. The van der Waals surface area contributed by atoms with Gasteiger partial charge in [-0.1, -0.05) is 26.2 Å². The summed E-state index contributed by atoms with van der Waals surface area (Å²) in [4.78, 5) is 0. The molecule has 0 bridgehead atoms. The molecule has 0 aromatic rings. The average Bonchev–Trinajstić information content (AvgIpc) is 2.40. The van der Waals surface area contributed by atoms with Crippen molar-refractivity contribution < 1.29 is 0 Å². The van der Waals surface area contributed by atoms with Gasteiger partial charge < -0.3 is 5.73 Å². The van der Waals surface area contributed by atoms with Crippen LogP contribution in [0.4, 0.5) is 0 Å².